The number of hydrogen-bond acceptors (Lipinski definition) is 4. The number of hydrogen-bond donors (Lipinski definition) is 0. The Bertz CT molecular complexity index is 887. The largest absolute Gasteiger partial charge is 0.381 e. The predicted octanol–water partition coefficient (Wildman–Crippen LogP) is 4.17. The second-order valence-corrected chi connectivity index (χ2v) is 9.80. The number of ether oxygens (including phenoxy) is 1. The molecular formula is C20H23ClFNO3S. The summed E-state index contributed by atoms with van der Waals surface area (Å²) in [4.78, 5) is 4.21. The van der Waals surface area contributed by atoms with Gasteiger partial charge in [0.2, 0.25) is 0 Å². The topological polar surface area (TPSA) is 56.3 Å². The van der Waals surface area contributed by atoms with Gasteiger partial charge in [-0.05, 0) is 54.9 Å². The zero-order valence-corrected chi connectivity index (χ0v) is 16.8. The highest BCUT2D eigenvalue weighted by atomic mass is 35.5. The average molecular weight is 412 g/mol. The maximum Gasteiger partial charge on any atom is 0.147 e. The first-order valence-corrected chi connectivity index (χ1v) is 11.4. The second-order valence-electron chi connectivity index (χ2n) is 7.18. The van der Waals surface area contributed by atoms with Crippen molar-refractivity contribution >= 4 is 21.4 Å². The third kappa shape index (κ3) is 5.74. The van der Waals surface area contributed by atoms with Gasteiger partial charge in [0.15, 0.2) is 0 Å². The fraction of sp³-hybridized carbons (Fsp3) is 0.450. The smallest absolute Gasteiger partial charge is 0.147 e. The summed E-state index contributed by atoms with van der Waals surface area (Å²) >= 11 is 5.84. The monoisotopic (exact) mass is 411 g/mol. The molecule has 1 aromatic carbocycles. The molecule has 1 aliphatic rings. The molecule has 2 atom stereocenters. The minimum Gasteiger partial charge on any atom is -0.381 e. The van der Waals surface area contributed by atoms with Gasteiger partial charge < -0.3 is 4.74 Å². The number of sulfone groups is 1. The van der Waals surface area contributed by atoms with Gasteiger partial charge >= 0.3 is 0 Å². The zero-order valence-electron chi connectivity index (χ0n) is 15.2. The van der Waals surface area contributed by atoms with Crippen LogP contribution in [0, 0.1) is 17.7 Å². The molecule has 2 heterocycles. The van der Waals surface area contributed by atoms with Gasteiger partial charge in [-0.1, -0.05) is 23.7 Å². The van der Waals surface area contributed by atoms with Gasteiger partial charge in [-0.3, -0.25) is 4.98 Å². The number of aromatic nitrogens is 1. The number of rotatable bonds is 6. The van der Waals surface area contributed by atoms with Crippen molar-refractivity contribution < 1.29 is 17.5 Å². The Kier molecular flexibility index (Phi) is 6.50. The van der Waals surface area contributed by atoms with Crippen molar-refractivity contribution in [3.8, 4) is 11.3 Å². The lowest BCUT2D eigenvalue weighted by Crippen LogP contribution is -2.32. The van der Waals surface area contributed by atoms with Crippen LogP contribution in [-0.2, 0) is 21.0 Å². The molecule has 1 saturated heterocycles. The fourth-order valence-electron chi connectivity index (χ4n) is 3.57. The van der Waals surface area contributed by atoms with Gasteiger partial charge in [-0.25, -0.2) is 12.8 Å². The van der Waals surface area contributed by atoms with E-state index in [1.807, 2.05) is 6.07 Å². The van der Waals surface area contributed by atoms with E-state index in [4.69, 9.17) is 16.3 Å². The Hall–Kier alpha value is -1.50. The van der Waals surface area contributed by atoms with Crippen LogP contribution >= 0.6 is 11.6 Å². The molecule has 0 aliphatic carbocycles. The van der Waals surface area contributed by atoms with E-state index in [2.05, 4.69) is 4.98 Å². The molecule has 1 aliphatic heterocycles. The number of halogens is 2. The Morgan fingerprint density at radius 3 is 2.74 bits per heavy atom. The molecule has 3 rings (SSSR count). The van der Waals surface area contributed by atoms with Gasteiger partial charge in [0.05, 0.1) is 16.5 Å². The minimum absolute atomic E-state index is 0.0781. The standard InChI is InChI=1S/C20H23ClFNO3S/c1-27(24,25)13-17-8-9-26-12-16(17)5-3-14-2-4-15(10-19(14)22)20-7-6-18(21)11-23-20/h2,4,6-7,10-11,16-17H,3,5,8-9,12-13H2,1H3/t16-,17?/m0/s1. The van der Waals surface area contributed by atoms with Crippen LogP contribution in [0.2, 0.25) is 5.02 Å². The molecule has 0 radical (unpaired) electrons. The fourth-order valence-corrected chi connectivity index (χ4v) is 4.89. The van der Waals surface area contributed by atoms with Crippen molar-refractivity contribution in [3.63, 3.8) is 0 Å². The molecule has 0 N–H and O–H groups in total. The average Bonchev–Trinajstić information content (AvgIpc) is 2.61. The summed E-state index contributed by atoms with van der Waals surface area (Å²) in [6.07, 6.45) is 4.79. The van der Waals surface area contributed by atoms with Gasteiger partial charge in [0, 0.05) is 31.2 Å². The van der Waals surface area contributed by atoms with Crippen molar-refractivity contribution in [1.82, 2.24) is 4.98 Å². The summed E-state index contributed by atoms with van der Waals surface area (Å²) in [5, 5.41) is 0.536. The molecule has 1 unspecified atom stereocenters. The third-order valence-corrected chi connectivity index (χ3v) is 6.27. The highest BCUT2D eigenvalue weighted by Crippen LogP contribution is 2.29. The zero-order chi connectivity index (χ0) is 19.4. The molecule has 0 saturated carbocycles. The van der Waals surface area contributed by atoms with Crippen LogP contribution in [0.3, 0.4) is 0 Å². The van der Waals surface area contributed by atoms with Crippen molar-refractivity contribution in [2.45, 2.75) is 19.3 Å². The van der Waals surface area contributed by atoms with E-state index in [1.54, 1.807) is 18.2 Å². The first-order chi connectivity index (χ1) is 12.8. The van der Waals surface area contributed by atoms with Crippen molar-refractivity contribution in [2.75, 3.05) is 25.2 Å². The number of benzene rings is 1. The summed E-state index contributed by atoms with van der Waals surface area (Å²) < 4.78 is 43.4. The maximum absolute atomic E-state index is 14.6. The van der Waals surface area contributed by atoms with Crippen molar-refractivity contribution in [3.05, 3.63) is 52.9 Å². The van der Waals surface area contributed by atoms with E-state index in [-0.39, 0.29) is 23.4 Å². The van der Waals surface area contributed by atoms with E-state index in [0.717, 1.165) is 6.42 Å². The molecule has 146 valence electrons. The molecule has 27 heavy (non-hydrogen) atoms. The molecule has 4 nitrogen and oxygen atoms in total. The van der Waals surface area contributed by atoms with Gasteiger partial charge in [0.25, 0.3) is 0 Å². The molecule has 1 fully saturated rings. The van der Waals surface area contributed by atoms with Crippen molar-refractivity contribution in [1.29, 1.82) is 0 Å². The van der Waals surface area contributed by atoms with Crippen LogP contribution in [0.1, 0.15) is 18.4 Å². The SMILES string of the molecule is CS(=O)(=O)CC1CCOC[C@@H]1CCc1ccc(-c2ccc(Cl)cn2)cc1F. The first kappa shape index (κ1) is 20.2. The quantitative estimate of drug-likeness (QED) is 0.715. The third-order valence-electron chi connectivity index (χ3n) is 5.01. The highest BCUT2D eigenvalue weighted by molar-refractivity contribution is 7.90. The molecular weight excluding hydrogens is 389 g/mol. The number of aryl methyl sites for hydroxylation is 1. The normalized spacial score (nSPS) is 20.6. The van der Waals surface area contributed by atoms with E-state index in [0.29, 0.717) is 47.9 Å². The Labute approximate surface area is 164 Å². The lowest BCUT2D eigenvalue weighted by Gasteiger charge is -2.31. The van der Waals surface area contributed by atoms with Gasteiger partial charge in [0.1, 0.15) is 15.7 Å². The van der Waals surface area contributed by atoms with Crippen LogP contribution in [0.25, 0.3) is 11.3 Å². The van der Waals surface area contributed by atoms with E-state index in [1.165, 1.54) is 18.5 Å². The number of nitrogens with zero attached hydrogens (tertiary/aromatic N) is 1. The van der Waals surface area contributed by atoms with Gasteiger partial charge in [-0.15, -0.1) is 0 Å². The second kappa shape index (κ2) is 8.67. The van der Waals surface area contributed by atoms with E-state index in [9.17, 15) is 12.8 Å². The van der Waals surface area contributed by atoms with Crippen LogP contribution in [0.4, 0.5) is 4.39 Å². The first-order valence-electron chi connectivity index (χ1n) is 8.97. The van der Waals surface area contributed by atoms with Crippen LogP contribution in [0.5, 0.6) is 0 Å². The Morgan fingerprint density at radius 2 is 2.07 bits per heavy atom. The lowest BCUT2D eigenvalue weighted by atomic mass is 9.85. The summed E-state index contributed by atoms with van der Waals surface area (Å²) in [7, 11) is -3.03. The van der Waals surface area contributed by atoms with E-state index >= 15 is 0 Å². The molecule has 1 aromatic heterocycles. The van der Waals surface area contributed by atoms with E-state index < -0.39 is 9.84 Å². The summed E-state index contributed by atoms with van der Waals surface area (Å²) in [5.41, 5.74) is 1.99. The van der Waals surface area contributed by atoms with Crippen LogP contribution in [0.15, 0.2) is 36.5 Å². The molecule has 7 heteroatoms. The van der Waals surface area contributed by atoms with Gasteiger partial charge in [-0.2, -0.15) is 0 Å². The summed E-state index contributed by atoms with van der Waals surface area (Å²) in [6, 6.07) is 8.58. The minimum atomic E-state index is -3.03. The molecule has 0 spiro atoms. The van der Waals surface area contributed by atoms with Crippen LogP contribution in [-0.4, -0.2) is 38.6 Å². The Morgan fingerprint density at radius 1 is 1.26 bits per heavy atom. The maximum atomic E-state index is 14.6. The van der Waals surface area contributed by atoms with Crippen LogP contribution < -0.4 is 0 Å². The number of pyridine rings is 1. The molecule has 2 aromatic rings. The summed E-state index contributed by atoms with van der Waals surface area (Å²) in [6.45, 7) is 1.13. The molecule has 0 amide bonds. The predicted molar refractivity (Wildman–Crippen MR) is 105 cm³/mol. The molecule has 0 bridgehead atoms. The summed E-state index contributed by atoms with van der Waals surface area (Å²) in [5.74, 6) is 0.102. The van der Waals surface area contributed by atoms with Crippen molar-refractivity contribution in [2.24, 2.45) is 11.8 Å². The Balaban J connectivity index is 1.67. The highest BCUT2D eigenvalue weighted by Gasteiger charge is 2.28. The lowest BCUT2D eigenvalue weighted by molar-refractivity contribution is 0.0205.